The van der Waals surface area contributed by atoms with Crippen LogP contribution in [-0.4, -0.2) is 74.0 Å². The molecule has 0 unspecified atom stereocenters. The number of nitrogens with zero attached hydrogens (tertiary/aromatic N) is 11. The van der Waals surface area contributed by atoms with Gasteiger partial charge >= 0.3 is 12.0 Å². The number of anilines is 1. The van der Waals surface area contributed by atoms with E-state index in [1.165, 1.54) is 31.2 Å². The van der Waals surface area contributed by atoms with Crippen molar-refractivity contribution in [2.75, 3.05) is 18.5 Å². The fourth-order valence-corrected chi connectivity index (χ4v) is 5.74. The van der Waals surface area contributed by atoms with Gasteiger partial charge in [-0.2, -0.15) is 9.97 Å². The number of amides is 1. The molecule has 8 aromatic rings. The predicted molar refractivity (Wildman–Crippen MR) is 221 cm³/mol. The van der Waals surface area contributed by atoms with Crippen molar-refractivity contribution in [3.05, 3.63) is 133 Å². The largest absolute Gasteiger partial charge is 0.424 e. The van der Waals surface area contributed by atoms with Gasteiger partial charge in [0.05, 0.1) is 11.4 Å². The Kier molecular flexibility index (Phi) is 13.9. The zero-order valence-electron chi connectivity index (χ0n) is 33.6. The number of benzene rings is 3. The van der Waals surface area contributed by atoms with Crippen molar-refractivity contribution in [2.45, 2.75) is 34.2 Å². The molecule has 0 aliphatic heterocycles. The minimum atomic E-state index is -0.343. The Morgan fingerprint density at radius 1 is 0.597 bits per heavy atom. The Morgan fingerprint density at radius 2 is 1.05 bits per heavy atom. The van der Waals surface area contributed by atoms with Crippen LogP contribution in [0.25, 0.3) is 45.3 Å². The molecule has 0 saturated carbocycles. The molecule has 0 saturated heterocycles. The Morgan fingerprint density at radius 3 is 1.48 bits per heavy atom. The molecule has 0 fully saturated rings. The van der Waals surface area contributed by atoms with E-state index in [1.807, 2.05) is 13.8 Å². The predicted octanol–water partition coefficient (Wildman–Crippen LogP) is 8.01. The molecule has 1 N–H and O–H groups in total. The van der Waals surface area contributed by atoms with E-state index in [4.69, 9.17) is 18.9 Å². The summed E-state index contributed by atoms with van der Waals surface area (Å²) in [6, 6.07) is 26.0. The van der Waals surface area contributed by atoms with Gasteiger partial charge in [0, 0.05) is 61.7 Å². The van der Waals surface area contributed by atoms with Gasteiger partial charge in [0.15, 0.2) is 0 Å². The summed E-state index contributed by atoms with van der Waals surface area (Å²) in [5.41, 5.74) is 5.39. The van der Waals surface area contributed by atoms with Gasteiger partial charge in [-0.25, -0.2) is 28.1 Å². The fourth-order valence-electron chi connectivity index (χ4n) is 5.74. The van der Waals surface area contributed by atoms with Gasteiger partial charge in [0.25, 0.3) is 0 Å². The molecule has 19 heteroatoms. The molecule has 5 heterocycles. The summed E-state index contributed by atoms with van der Waals surface area (Å²) in [7, 11) is 0. The molecule has 0 atom stereocenters. The topological polar surface area (TPSA) is 192 Å². The van der Waals surface area contributed by atoms with Crippen LogP contribution in [0.2, 0.25) is 0 Å². The molecule has 17 nitrogen and oxygen atoms in total. The number of hydrogen-bond donors (Lipinski definition) is 1. The average Bonchev–Trinajstić information content (AvgIpc) is 3.91. The van der Waals surface area contributed by atoms with Crippen molar-refractivity contribution in [1.82, 2.24) is 54.9 Å². The smallest absolute Gasteiger partial charge is 0.322 e. The van der Waals surface area contributed by atoms with Gasteiger partial charge in [-0.05, 0) is 111 Å². The fraction of sp³-hybridized carbons (Fsp3) is 0.163. The lowest BCUT2D eigenvalue weighted by atomic mass is 10.1. The summed E-state index contributed by atoms with van der Waals surface area (Å²) < 4.78 is 52.5. The Labute approximate surface area is 353 Å². The molecule has 5 aromatic heterocycles. The molecule has 62 heavy (non-hydrogen) atoms. The van der Waals surface area contributed by atoms with Gasteiger partial charge < -0.3 is 24.3 Å². The highest BCUT2D eigenvalue weighted by Crippen LogP contribution is 2.32. The summed E-state index contributed by atoms with van der Waals surface area (Å²) in [4.78, 5) is 32.5. The summed E-state index contributed by atoms with van der Waals surface area (Å²) in [5.74, 6) is 0.239. The third kappa shape index (κ3) is 10.8. The first-order valence-electron chi connectivity index (χ1n) is 19.1. The molecule has 0 aliphatic carbocycles. The Bertz CT molecular complexity index is 2700. The highest BCUT2D eigenvalue weighted by Gasteiger charge is 2.21. The van der Waals surface area contributed by atoms with Crippen molar-refractivity contribution in [1.29, 1.82) is 0 Å². The number of hydrogen-bond acceptors (Lipinski definition) is 14. The number of ether oxygens (including phenoxy) is 4. The van der Waals surface area contributed by atoms with Crippen molar-refractivity contribution in [3.8, 4) is 68.8 Å². The van der Waals surface area contributed by atoms with Gasteiger partial charge in [-0.3, -0.25) is 9.78 Å². The molecule has 3 aromatic carbocycles. The highest BCUT2D eigenvalue weighted by molar-refractivity contribution is 5.88. The Hall–Kier alpha value is -7.90. The van der Waals surface area contributed by atoms with E-state index in [1.54, 1.807) is 107 Å². The van der Waals surface area contributed by atoms with Gasteiger partial charge in [0.2, 0.25) is 5.91 Å². The van der Waals surface area contributed by atoms with E-state index >= 15 is 0 Å². The second kappa shape index (κ2) is 20.4. The van der Waals surface area contributed by atoms with Crippen molar-refractivity contribution in [3.63, 3.8) is 0 Å². The van der Waals surface area contributed by atoms with Crippen LogP contribution in [0.15, 0.2) is 122 Å². The maximum atomic E-state index is 13.4. The van der Waals surface area contributed by atoms with Crippen LogP contribution in [0.3, 0.4) is 0 Å². The number of aromatic nitrogens is 11. The van der Waals surface area contributed by atoms with E-state index in [0.29, 0.717) is 75.7 Å². The van der Waals surface area contributed by atoms with Gasteiger partial charge in [-0.15, -0.1) is 10.2 Å². The molecular weight excluding hydrogens is 803 g/mol. The van der Waals surface area contributed by atoms with Crippen molar-refractivity contribution in [2.24, 2.45) is 0 Å². The van der Waals surface area contributed by atoms with Crippen LogP contribution in [0, 0.1) is 11.6 Å². The van der Waals surface area contributed by atoms with Crippen molar-refractivity contribution >= 4 is 11.6 Å². The lowest BCUT2D eigenvalue weighted by molar-refractivity contribution is -0.114. The number of nitrogens with one attached hydrogen (secondary N) is 1. The standard InChI is InChI=1S/C23H21FN6O3.C20H17FN6O2/c1-3-32-14-30-22(21(28-29-30)16-4-6-17(24)7-5-16)20-12-13-25-23(27-20)33-19-10-8-18(9-11-19)26-15(2)31;1-2-28-13-27-19(18(25-26-27)14-3-5-15(21)6-4-14)17-9-12-23-20(24-17)29-16-7-10-22-11-8-16/h4-13H,3,14H2,1-2H3,(H,26,31);3-12H,2,13H2,1H3. The van der Waals surface area contributed by atoms with E-state index in [9.17, 15) is 13.6 Å². The van der Waals surface area contributed by atoms with Crippen LogP contribution >= 0.6 is 0 Å². The van der Waals surface area contributed by atoms with Crippen LogP contribution in [-0.2, 0) is 27.7 Å². The molecule has 1 amide bonds. The van der Waals surface area contributed by atoms with E-state index < -0.39 is 0 Å². The maximum Gasteiger partial charge on any atom is 0.322 e. The maximum absolute atomic E-state index is 13.4. The zero-order valence-corrected chi connectivity index (χ0v) is 33.6. The third-order valence-electron chi connectivity index (χ3n) is 8.54. The number of carbonyl (C=O) groups is 1. The Balaban J connectivity index is 0.000000188. The number of halogens is 2. The first kappa shape index (κ1) is 42.2. The zero-order chi connectivity index (χ0) is 43.3. The molecule has 0 bridgehead atoms. The highest BCUT2D eigenvalue weighted by atomic mass is 19.1. The van der Waals surface area contributed by atoms with E-state index in [-0.39, 0.29) is 43.0 Å². The van der Waals surface area contributed by atoms with Gasteiger partial charge in [-0.1, -0.05) is 10.4 Å². The number of rotatable bonds is 15. The normalized spacial score (nSPS) is 10.8. The summed E-state index contributed by atoms with van der Waals surface area (Å²) in [6.07, 6.45) is 6.39. The molecule has 314 valence electrons. The van der Waals surface area contributed by atoms with Gasteiger partial charge in [0.1, 0.15) is 59.4 Å². The minimum Gasteiger partial charge on any atom is -0.424 e. The van der Waals surface area contributed by atoms with Crippen LogP contribution in [0.1, 0.15) is 20.8 Å². The molecule has 0 spiro atoms. The first-order chi connectivity index (χ1) is 30.3. The SMILES string of the molecule is CCOCn1nnc(-c2ccc(F)cc2)c1-c1ccnc(Oc2ccc(NC(C)=O)cc2)n1.CCOCn1nnc(-c2ccc(F)cc2)c1-c1ccnc(Oc2ccncc2)n1. The van der Waals surface area contributed by atoms with Crippen molar-refractivity contribution < 1.29 is 32.5 Å². The minimum absolute atomic E-state index is 0.119. The molecule has 8 rings (SSSR count). The lowest BCUT2D eigenvalue weighted by Gasteiger charge is -2.10. The van der Waals surface area contributed by atoms with E-state index in [0.717, 1.165) is 0 Å². The first-order valence-corrected chi connectivity index (χ1v) is 19.1. The molecule has 0 radical (unpaired) electrons. The van der Waals surface area contributed by atoms with Crippen LogP contribution in [0.4, 0.5) is 14.5 Å². The lowest BCUT2D eigenvalue weighted by Crippen LogP contribution is -2.07. The average molecular weight is 841 g/mol. The number of carbonyl (C=O) groups excluding carboxylic acids is 1. The quantitative estimate of drug-likeness (QED) is 0.104. The van der Waals surface area contributed by atoms with Crippen LogP contribution in [0.5, 0.6) is 23.5 Å². The summed E-state index contributed by atoms with van der Waals surface area (Å²) >= 11 is 0. The van der Waals surface area contributed by atoms with Crippen LogP contribution < -0.4 is 14.8 Å². The number of pyridine rings is 1. The molecule has 0 aliphatic rings. The van der Waals surface area contributed by atoms with E-state index in [2.05, 4.69) is 50.9 Å². The second-order valence-corrected chi connectivity index (χ2v) is 12.9. The summed E-state index contributed by atoms with van der Waals surface area (Å²) in [6.45, 7) is 6.60. The third-order valence-corrected chi connectivity index (χ3v) is 8.54. The second-order valence-electron chi connectivity index (χ2n) is 12.9. The monoisotopic (exact) mass is 840 g/mol. The summed E-state index contributed by atoms with van der Waals surface area (Å²) in [5, 5.41) is 19.6. The molecular formula is C43H38F2N12O5.